The quantitative estimate of drug-likeness (QED) is 0.841. The van der Waals surface area contributed by atoms with E-state index >= 15 is 0 Å². The Balaban J connectivity index is 2.00. The molecule has 0 aromatic carbocycles. The molecular formula is C13H20FN3O2. The number of anilines is 2. The van der Waals surface area contributed by atoms with Crippen molar-refractivity contribution >= 4 is 11.5 Å². The van der Waals surface area contributed by atoms with E-state index in [1.807, 2.05) is 6.07 Å². The molecule has 1 fully saturated rings. The maximum Gasteiger partial charge on any atom is 0.191 e. The predicted octanol–water partition coefficient (Wildman–Crippen LogP) is 1.59. The van der Waals surface area contributed by atoms with E-state index in [-0.39, 0.29) is 0 Å². The molecule has 5 nitrogen and oxygen atoms in total. The number of nitrogens with zero attached hydrogens (tertiary/aromatic N) is 2. The summed E-state index contributed by atoms with van der Waals surface area (Å²) < 4.78 is 24.8. The molecular weight excluding hydrogens is 249 g/mol. The molecule has 106 valence electrons. The van der Waals surface area contributed by atoms with Gasteiger partial charge in [-0.15, -0.1) is 0 Å². The van der Waals surface area contributed by atoms with Crippen molar-refractivity contribution in [2.24, 2.45) is 0 Å². The topological polar surface area (TPSA) is 60.6 Å². The van der Waals surface area contributed by atoms with Crippen LogP contribution in [0.3, 0.4) is 0 Å². The van der Waals surface area contributed by atoms with Gasteiger partial charge in [-0.05, 0) is 12.1 Å². The van der Waals surface area contributed by atoms with Gasteiger partial charge >= 0.3 is 0 Å². The maximum atomic E-state index is 14.7. The first kappa shape index (κ1) is 14.0. The van der Waals surface area contributed by atoms with Crippen molar-refractivity contribution in [2.75, 3.05) is 37.9 Å². The van der Waals surface area contributed by atoms with E-state index in [4.69, 9.17) is 15.2 Å². The van der Waals surface area contributed by atoms with E-state index in [2.05, 4.69) is 9.88 Å². The molecule has 0 amide bonds. The standard InChI is InChI=1S/C13H20FN3O2/c1-18-12(19-2)13(14)5-7-17(8-6-13)10-3-4-11(15)16-9-10/h3-4,9,12H,5-8H2,1-2H3,(H2,15,16). The Hall–Kier alpha value is -1.40. The third-order valence-corrected chi connectivity index (χ3v) is 3.58. The molecule has 2 N–H and O–H groups in total. The summed E-state index contributed by atoms with van der Waals surface area (Å²) in [6, 6.07) is 3.65. The molecule has 1 aromatic rings. The molecule has 0 spiro atoms. The number of ether oxygens (including phenoxy) is 2. The number of nitrogen functional groups attached to an aromatic ring is 1. The Labute approximate surface area is 112 Å². The van der Waals surface area contributed by atoms with Gasteiger partial charge in [-0.3, -0.25) is 0 Å². The Bertz CT molecular complexity index is 401. The highest BCUT2D eigenvalue weighted by Crippen LogP contribution is 2.33. The van der Waals surface area contributed by atoms with E-state index in [0.717, 1.165) is 5.69 Å². The highest BCUT2D eigenvalue weighted by molar-refractivity contribution is 5.48. The first-order valence-electron chi connectivity index (χ1n) is 6.30. The first-order valence-corrected chi connectivity index (χ1v) is 6.30. The smallest absolute Gasteiger partial charge is 0.191 e. The van der Waals surface area contributed by atoms with Crippen LogP contribution < -0.4 is 10.6 Å². The summed E-state index contributed by atoms with van der Waals surface area (Å²) in [4.78, 5) is 6.14. The number of rotatable bonds is 4. The molecule has 1 aliphatic rings. The normalized spacial score (nSPS) is 18.8. The highest BCUT2D eigenvalue weighted by atomic mass is 19.1. The van der Waals surface area contributed by atoms with Gasteiger partial charge in [-0.25, -0.2) is 9.37 Å². The number of nitrogens with two attached hydrogens (primary N) is 1. The zero-order valence-corrected chi connectivity index (χ0v) is 11.3. The van der Waals surface area contributed by atoms with Crippen LogP contribution in [0.2, 0.25) is 0 Å². The fourth-order valence-electron chi connectivity index (χ4n) is 2.48. The lowest BCUT2D eigenvalue weighted by atomic mass is 9.92. The molecule has 1 aliphatic heterocycles. The van der Waals surface area contributed by atoms with Gasteiger partial charge in [0.1, 0.15) is 5.82 Å². The summed E-state index contributed by atoms with van der Waals surface area (Å²) >= 11 is 0. The average molecular weight is 269 g/mol. The van der Waals surface area contributed by atoms with E-state index in [1.54, 1.807) is 12.3 Å². The molecule has 2 rings (SSSR count). The van der Waals surface area contributed by atoms with Crippen molar-refractivity contribution in [1.82, 2.24) is 4.98 Å². The minimum absolute atomic E-state index is 0.365. The van der Waals surface area contributed by atoms with Crippen LogP contribution in [0.4, 0.5) is 15.9 Å². The first-order chi connectivity index (χ1) is 9.09. The van der Waals surface area contributed by atoms with Gasteiger partial charge in [0.05, 0.1) is 11.9 Å². The fraction of sp³-hybridized carbons (Fsp3) is 0.615. The number of aromatic nitrogens is 1. The molecule has 0 unspecified atom stereocenters. The lowest BCUT2D eigenvalue weighted by molar-refractivity contribution is -0.191. The van der Waals surface area contributed by atoms with Crippen molar-refractivity contribution in [3.63, 3.8) is 0 Å². The van der Waals surface area contributed by atoms with Crippen molar-refractivity contribution < 1.29 is 13.9 Å². The van der Waals surface area contributed by atoms with Crippen LogP contribution in [0.1, 0.15) is 12.8 Å². The summed E-state index contributed by atoms with van der Waals surface area (Å²) in [5, 5.41) is 0. The van der Waals surface area contributed by atoms with Crippen LogP contribution in [0.15, 0.2) is 18.3 Å². The monoisotopic (exact) mass is 269 g/mol. The number of alkyl halides is 1. The average Bonchev–Trinajstić information content (AvgIpc) is 2.42. The lowest BCUT2D eigenvalue weighted by Crippen LogP contribution is -2.50. The van der Waals surface area contributed by atoms with Crippen molar-refractivity contribution in [1.29, 1.82) is 0 Å². The van der Waals surface area contributed by atoms with Gasteiger partial charge in [0.15, 0.2) is 12.0 Å². The third kappa shape index (κ3) is 2.96. The van der Waals surface area contributed by atoms with E-state index in [9.17, 15) is 4.39 Å². The highest BCUT2D eigenvalue weighted by Gasteiger charge is 2.42. The lowest BCUT2D eigenvalue weighted by Gasteiger charge is -2.40. The minimum Gasteiger partial charge on any atom is -0.384 e. The molecule has 0 aliphatic carbocycles. The van der Waals surface area contributed by atoms with Gasteiger partial charge in [0.25, 0.3) is 0 Å². The molecule has 0 atom stereocenters. The molecule has 6 heteroatoms. The number of methoxy groups -OCH3 is 2. The Morgan fingerprint density at radius 2 is 1.95 bits per heavy atom. The Kier molecular flexibility index (Phi) is 4.21. The second-order valence-electron chi connectivity index (χ2n) is 4.77. The fourth-order valence-corrected chi connectivity index (χ4v) is 2.48. The van der Waals surface area contributed by atoms with Gasteiger partial charge in [-0.2, -0.15) is 0 Å². The summed E-state index contributed by atoms with van der Waals surface area (Å²) in [6.07, 6.45) is 1.64. The van der Waals surface area contributed by atoms with E-state index < -0.39 is 12.0 Å². The van der Waals surface area contributed by atoms with Gasteiger partial charge < -0.3 is 20.1 Å². The van der Waals surface area contributed by atoms with E-state index in [0.29, 0.717) is 31.7 Å². The van der Waals surface area contributed by atoms with E-state index in [1.165, 1.54) is 14.2 Å². The number of hydrogen-bond acceptors (Lipinski definition) is 5. The number of pyridine rings is 1. The molecule has 19 heavy (non-hydrogen) atoms. The number of halogens is 1. The van der Waals surface area contributed by atoms with Crippen molar-refractivity contribution in [3.05, 3.63) is 18.3 Å². The largest absolute Gasteiger partial charge is 0.384 e. The van der Waals surface area contributed by atoms with Crippen LogP contribution in [-0.2, 0) is 9.47 Å². The minimum atomic E-state index is -1.43. The maximum absolute atomic E-state index is 14.7. The predicted molar refractivity (Wildman–Crippen MR) is 71.7 cm³/mol. The molecule has 1 aromatic heterocycles. The Morgan fingerprint density at radius 3 is 2.42 bits per heavy atom. The van der Waals surface area contributed by atoms with Crippen LogP contribution in [0.5, 0.6) is 0 Å². The van der Waals surface area contributed by atoms with Gasteiger partial charge in [-0.1, -0.05) is 0 Å². The number of hydrogen-bond donors (Lipinski definition) is 1. The molecule has 0 bridgehead atoms. The SMILES string of the molecule is COC(OC)C1(F)CCN(c2ccc(N)nc2)CC1. The second-order valence-corrected chi connectivity index (χ2v) is 4.77. The molecule has 2 heterocycles. The van der Waals surface area contributed by atoms with Gasteiger partial charge in [0.2, 0.25) is 0 Å². The van der Waals surface area contributed by atoms with Crippen molar-refractivity contribution in [3.8, 4) is 0 Å². The summed E-state index contributed by atoms with van der Waals surface area (Å²) in [6.45, 7) is 1.20. The van der Waals surface area contributed by atoms with Crippen LogP contribution in [0.25, 0.3) is 0 Å². The Morgan fingerprint density at radius 1 is 1.32 bits per heavy atom. The summed E-state index contributed by atoms with van der Waals surface area (Å²) in [5.74, 6) is 0.486. The molecule has 0 saturated carbocycles. The van der Waals surface area contributed by atoms with Crippen molar-refractivity contribution in [2.45, 2.75) is 24.8 Å². The van der Waals surface area contributed by atoms with Crippen LogP contribution in [0, 0.1) is 0 Å². The summed E-state index contributed by atoms with van der Waals surface area (Å²) in [7, 11) is 2.93. The van der Waals surface area contributed by atoms with Crippen LogP contribution >= 0.6 is 0 Å². The molecule has 1 saturated heterocycles. The summed E-state index contributed by atoms with van der Waals surface area (Å²) in [5.41, 5.74) is 5.08. The third-order valence-electron chi connectivity index (χ3n) is 3.58. The zero-order valence-electron chi connectivity index (χ0n) is 11.3. The number of piperidine rings is 1. The zero-order chi connectivity index (χ0) is 13.9. The molecule has 0 radical (unpaired) electrons. The van der Waals surface area contributed by atoms with Gasteiger partial charge in [0, 0.05) is 40.2 Å². The second kappa shape index (κ2) is 5.71. The van der Waals surface area contributed by atoms with Crippen LogP contribution in [-0.4, -0.2) is 44.3 Å².